The second-order valence-corrected chi connectivity index (χ2v) is 8.53. The Bertz CT molecular complexity index is 1300. The number of hydrogen-bond acceptors (Lipinski definition) is 3. The Morgan fingerprint density at radius 1 is 1.06 bits per heavy atom. The van der Waals surface area contributed by atoms with Crippen molar-refractivity contribution in [2.45, 2.75) is 19.4 Å². The summed E-state index contributed by atoms with van der Waals surface area (Å²) in [5.41, 5.74) is 4.93. The van der Waals surface area contributed by atoms with E-state index in [4.69, 9.17) is 21.1 Å². The molecule has 1 aliphatic rings. The first-order valence-corrected chi connectivity index (χ1v) is 11.4. The Labute approximate surface area is 197 Å². The lowest BCUT2D eigenvalue weighted by Crippen LogP contribution is -2.40. The monoisotopic (exact) mass is 460 g/mol. The van der Waals surface area contributed by atoms with E-state index in [-0.39, 0.29) is 11.9 Å². The predicted octanol–water partition coefficient (Wildman–Crippen LogP) is 6.02. The van der Waals surface area contributed by atoms with Crippen LogP contribution in [0.3, 0.4) is 0 Å². The molecule has 3 aromatic carbocycles. The van der Waals surface area contributed by atoms with Crippen molar-refractivity contribution < 1.29 is 14.3 Å². The van der Waals surface area contributed by atoms with Crippen LogP contribution in [0.2, 0.25) is 5.02 Å². The van der Waals surface area contributed by atoms with Gasteiger partial charge in [-0.2, -0.15) is 0 Å². The van der Waals surface area contributed by atoms with E-state index in [2.05, 4.69) is 4.98 Å². The van der Waals surface area contributed by atoms with E-state index < -0.39 is 0 Å². The Hall–Kier alpha value is -3.44. The van der Waals surface area contributed by atoms with Crippen LogP contribution >= 0.6 is 11.6 Å². The number of rotatable bonds is 5. The second-order valence-electron chi connectivity index (χ2n) is 8.09. The maximum absolute atomic E-state index is 13.7. The van der Waals surface area contributed by atoms with Gasteiger partial charge < -0.3 is 19.4 Å². The number of ether oxygens (including phenoxy) is 2. The first-order chi connectivity index (χ1) is 16.1. The third kappa shape index (κ3) is 3.93. The first-order valence-electron chi connectivity index (χ1n) is 11.1. The van der Waals surface area contributed by atoms with Crippen molar-refractivity contribution >= 4 is 28.4 Å². The average molecular weight is 461 g/mol. The Morgan fingerprint density at radius 2 is 1.79 bits per heavy atom. The van der Waals surface area contributed by atoms with Crippen LogP contribution in [0.1, 0.15) is 40.1 Å². The molecular weight excluding hydrogens is 436 g/mol. The summed E-state index contributed by atoms with van der Waals surface area (Å²) < 4.78 is 10.9. The van der Waals surface area contributed by atoms with Gasteiger partial charge in [-0.25, -0.2) is 0 Å². The number of nitrogens with one attached hydrogen (secondary N) is 1. The molecule has 1 atom stereocenters. The van der Waals surface area contributed by atoms with Gasteiger partial charge >= 0.3 is 0 Å². The van der Waals surface area contributed by atoms with E-state index in [1.54, 1.807) is 7.11 Å². The minimum atomic E-state index is -0.245. The highest BCUT2D eigenvalue weighted by molar-refractivity contribution is 6.31. The second kappa shape index (κ2) is 8.83. The zero-order valence-corrected chi connectivity index (χ0v) is 19.4. The summed E-state index contributed by atoms with van der Waals surface area (Å²) in [7, 11) is 1.65. The van der Waals surface area contributed by atoms with E-state index in [1.165, 1.54) is 5.56 Å². The number of fused-ring (bicyclic) bond motifs is 3. The summed E-state index contributed by atoms with van der Waals surface area (Å²) in [6.07, 6.45) is 0.755. The van der Waals surface area contributed by atoms with Gasteiger partial charge in [-0.3, -0.25) is 4.79 Å². The molecule has 2 heterocycles. The van der Waals surface area contributed by atoms with Crippen LogP contribution in [0.4, 0.5) is 0 Å². The minimum Gasteiger partial charge on any atom is -0.497 e. The number of halogens is 1. The third-order valence-electron chi connectivity index (χ3n) is 6.19. The van der Waals surface area contributed by atoms with Crippen LogP contribution < -0.4 is 9.47 Å². The molecule has 1 N–H and O–H groups in total. The number of H-pyrrole nitrogens is 1. The molecule has 1 unspecified atom stereocenters. The number of aromatic amines is 1. The van der Waals surface area contributed by atoms with Crippen LogP contribution in [0.25, 0.3) is 10.9 Å². The summed E-state index contributed by atoms with van der Waals surface area (Å²) in [5.74, 6) is 1.53. The van der Waals surface area contributed by atoms with E-state index in [0.717, 1.165) is 40.1 Å². The summed E-state index contributed by atoms with van der Waals surface area (Å²) in [4.78, 5) is 19.2. The quantitative estimate of drug-likeness (QED) is 0.396. The molecule has 0 fully saturated rings. The lowest BCUT2D eigenvalue weighted by molar-refractivity contribution is 0.0692. The highest BCUT2D eigenvalue weighted by Gasteiger charge is 2.35. The first kappa shape index (κ1) is 21.4. The molecule has 33 heavy (non-hydrogen) atoms. The Morgan fingerprint density at radius 3 is 2.48 bits per heavy atom. The molecule has 0 saturated heterocycles. The van der Waals surface area contributed by atoms with Gasteiger partial charge in [0, 0.05) is 33.7 Å². The highest BCUT2D eigenvalue weighted by atomic mass is 35.5. The number of carbonyl (C=O) groups excluding carboxylic acids is 1. The van der Waals surface area contributed by atoms with Crippen LogP contribution in [0.15, 0.2) is 66.7 Å². The number of carbonyl (C=O) groups is 1. The molecule has 1 aromatic heterocycles. The Kier molecular flexibility index (Phi) is 5.73. The topological polar surface area (TPSA) is 54.6 Å². The minimum absolute atomic E-state index is 0.0128. The van der Waals surface area contributed by atoms with Crippen LogP contribution in [-0.4, -0.2) is 36.1 Å². The number of aromatic nitrogens is 1. The number of amides is 1. The van der Waals surface area contributed by atoms with Gasteiger partial charge in [0.25, 0.3) is 5.91 Å². The zero-order valence-electron chi connectivity index (χ0n) is 18.6. The normalized spacial score (nSPS) is 15.4. The van der Waals surface area contributed by atoms with Gasteiger partial charge in [-0.05, 0) is 79.1 Å². The van der Waals surface area contributed by atoms with E-state index in [0.29, 0.717) is 23.7 Å². The van der Waals surface area contributed by atoms with E-state index >= 15 is 0 Å². The summed E-state index contributed by atoms with van der Waals surface area (Å²) in [6.45, 7) is 3.14. The smallest absolute Gasteiger partial charge is 0.254 e. The van der Waals surface area contributed by atoms with E-state index in [9.17, 15) is 4.79 Å². The SMILES string of the molecule is CCOc1ccc(C(=O)N2CCc3c([nH]c4ccc(Cl)cc34)C2c2ccc(OC)cc2)cc1. The van der Waals surface area contributed by atoms with Gasteiger partial charge in [-0.15, -0.1) is 0 Å². The van der Waals surface area contributed by atoms with Gasteiger partial charge in [0.1, 0.15) is 11.5 Å². The maximum atomic E-state index is 13.7. The molecule has 4 aromatic rings. The van der Waals surface area contributed by atoms with Crippen molar-refractivity contribution in [2.24, 2.45) is 0 Å². The molecule has 0 aliphatic carbocycles. The Balaban J connectivity index is 1.59. The van der Waals surface area contributed by atoms with Crippen LogP contribution in [0, 0.1) is 0 Å². The molecule has 5 nitrogen and oxygen atoms in total. The molecule has 0 saturated carbocycles. The number of benzene rings is 3. The predicted molar refractivity (Wildman–Crippen MR) is 130 cm³/mol. The van der Waals surface area contributed by atoms with Gasteiger partial charge in [0.05, 0.1) is 19.8 Å². The molecule has 1 aliphatic heterocycles. The van der Waals surface area contributed by atoms with Crippen molar-refractivity contribution in [3.8, 4) is 11.5 Å². The lowest BCUT2D eigenvalue weighted by Gasteiger charge is -2.36. The summed E-state index contributed by atoms with van der Waals surface area (Å²) in [6, 6.07) is 20.9. The molecule has 168 valence electrons. The number of nitrogens with zero attached hydrogens (tertiary/aromatic N) is 1. The molecule has 0 bridgehead atoms. The van der Waals surface area contributed by atoms with Crippen molar-refractivity contribution in [1.82, 2.24) is 9.88 Å². The summed E-state index contributed by atoms with van der Waals surface area (Å²) >= 11 is 6.30. The van der Waals surface area contributed by atoms with Crippen molar-refractivity contribution in [3.05, 3.63) is 94.1 Å². The van der Waals surface area contributed by atoms with Crippen LogP contribution in [-0.2, 0) is 6.42 Å². The standard InChI is InChI=1S/C27H25ClN2O3/c1-3-33-21-11-6-18(7-12-21)27(31)30-15-14-22-23-16-19(28)8-13-24(23)29-25(22)26(30)17-4-9-20(32-2)10-5-17/h4-13,16,26,29H,3,14-15H2,1-2H3. The molecular formula is C27H25ClN2O3. The average Bonchev–Trinajstić information content (AvgIpc) is 3.21. The molecule has 0 spiro atoms. The fourth-order valence-electron chi connectivity index (χ4n) is 4.64. The highest BCUT2D eigenvalue weighted by Crippen LogP contribution is 2.40. The molecule has 0 radical (unpaired) electrons. The van der Waals surface area contributed by atoms with Crippen molar-refractivity contribution in [2.75, 3.05) is 20.3 Å². The summed E-state index contributed by atoms with van der Waals surface area (Å²) in [5, 5.41) is 1.82. The fraction of sp³-hybridized carbons (Fsp3) is 0.222. The molecule has 1 amide bonds. The van der Waals surface area contributed by atoms with Crippen LogP contribution in [0.5, 0.6) is 11.5 Å². The number of methoxy groups -OCH3 is 1. The lowest BCUT2D eigenvalue weighted by atomic mass is 9.91. The van der Waals surface area contributed by atoms with Crippen molar-refractivity contribution in [1.29, 1.82) is 0 Å². The molecule has 5 rings (SSSR count). The van der Waals surface area contributed by atoms with Crippen molar-refractivity contribution in [3.63, 3.8) is 0 Å². The molecule has 6 heteroatoms. The number of hydrogen-bond donors (Lipinski definition) is 1. The van der Waals surface area contributed by atoms with E-state index in [1.807, 2.05) is 78.6 Å². The van der Waals surface area contributed by atoms with Gasteiger partial charge in [-0.1, -0.05) is 23.7 Å². The largest absolute Gasteiger partial charge is 0.497 e. The van der Waals surface area contributed by atoms with Gasteiger partial charge in [0.2, 0.25) is 0 Å². The maximum Gasteiger partial charge on any atom is 0.254 e. The zero-order chi connectivity index (χ0) is 22.9. The fourth-order valence-corrected chi connectivity index (χ4v) is 4.81. The third-order valence-corrected chi connectivity index (χ3v) is 6.43. The van der Waals surface area contributed by atoms with Gasteiger partial charge in [0.15, 0.2) is 0 Å².